The van der Waals surface area contributed by atoms with E-state index in [2.05, 4.69) is 5.32 Å². The molecule has 1 aromatic rings. The molecule has 16 heavy (non-hydrogen) atoms. The van der Waals surface area contributed by atoms with Crippen molar-refractivity contribution >= 4 is 6.03 Å². The highest BCUT2D eigenvalue weighted by Gasteiger charge is 2.13. The molecule has 3 heteroatoms. The molecule has 0 unspecified atom stereocenters. The third kappa shape index (κ3) is 3.57. The fourth-order valence-corrected chi connectivity index (χ4v) is 1.62. The maximum absolute atomic E-state index is 11.8. The van der Waals surface area contributed by atoms with Gasteiger partial charge < -0.3 is 10.2 Å². The smallest absolute Gasteiger partial charge is 0.317 e. The number of nitrogens with zero attached hydrogens (tertiary/aromatic N) is 1. The van der Waals surface area contributed by atoms with Gasteiger partial charge in [0.25, 0.3) is 0 Å². The quantitative estimate of drug-likeness (QED) is 0.831. The SMILES string of the molecule is CCN(C(=O)NCc1ccccc1)C(C)C. The molecule has 0 aliphatic rings. The first-order chi connectivity index (χ1) is 7.65. The van der Waals surface area contributed by atoms with Crippen molar-refractivity contribution in [2.75, 3.05) is 6.54 Å². The Balaban J connectivity index is 2.46. The monoisotopic (exact) mass is 220 g/mol. The van der Waals surface area contributed by atoms with Gasteiger partial charge in [0.1, 0.15) is 0 Å². The van der Waals surface area contributed by atoms with E-state index < -0.39 is 0 Å². The zero-order valence-electron chi connectivity index (χ0n) is 10.2. The van der Waals surface area contributed by atoms with Crippen LogP contribution in [0.15, 0.2) is 30.3 Å². The first kappa shape index (κ1) is 12.6. The minimum Gasteiger partial charge on any atom is -0.334 e. The third-order valence-electron chi connectivity index (χ3n) is 2.51. The van der Waals surface area contributed by atoms with Gasteiger partial charge >= 0.3 is 6.03 Å². The molecule has 1 aromatic carbocycles. The van der Waals surface area contributed by atoms with E-state index >= 15 is 0 Å². The Labute approximate surface area is 97.5 Å². The highest BCUT2D eigenvalue weighted by atomic mass is 16.2. The highest BCUT2D eigenvalue weighted by Crippen LogP contribution is 2.01. The average molecular weight is 220 g/mol. The van der Waals surface area contributed by atoms with Gasteiger partial charge in [-0.3, -0.25) is 0 Å². The number of hydrogen-bond acceptors (Lipinski definition) is 1. The Bertz CT molecular complexity index is 322. The number of rotatable bonds is 4. The van der Waals surface area contributed by atoms with Gasteiger partial charge in [-0.25, -0.2) is 4.79 Å². The fourth-order valence-electron chi connectivity index (χ4n) is 1.62. The van der Waals surface area contributed by atoms with Crippen LogP contribution in [0.4, 0.5) is 4.79 Å². The normalized spacial score (nSPS) is 10.2. The molecular formula is C13H20N2O. The number of amides is 2. The minimum absolute atomic E-state index is 0.00125. The van der Waals surface area contributed by atoms with Gasteiger partial charge in [-0.15, -0.1) is 0 Å². The van der Waals surface area contributed by atoms with Gasteiger partial charge in [-0.05, 0) is 26.3 Å². The number of nitrogens with one attached hydrogen (secondary N) is 1. The molecule has 0 spiro atoms. The van der Waals surface area contributed by atoms with E-state index in [4.69, 9.17) is 0 Å². The Morgan fingerprint density at radius 3 is 2.44 bits per heavy atom. The highest BCUT2D eigenvalue weighted by molar-refractivity contribution is 5.74. The van der Waals surface area contributed by atoms with E-state index in [0.29, 0.717) is 6.54 Å². The third-order valence-corrected chi connectivity index (χ3v) is 2.51. The van der Waals surface area contributed by atoms with Crippen LogP contribution in [0.5, 0.6) is 0 Å². The van der Waals surface area contributed by atoms with E-state index in [1.807, 2.05) is 56.0 Å². The van der Waals surface area contributed by atoms with Crippen molar-refractivity contribution in [3.63, 3.8) is 0 Å². The number of hydrogen-bond donors (Lipinski definition) is 1. The summed E-state index contributed by atoms with van der Waals surface area (Å²) in [7, 11) is 0. The maximum atomic E-state index is 11.8. The van der Waals surface area contributed by atoms with Crippen molar-refractivity contribution in [1.82, 2.24) is 10.2 Å². The fraction of sp³-hybridized carbons (Fsp3) is 0.462. The van der Waals surface area contributed by atoms with Gasteiger partial charge in [-0.1, -0.05) is 30.3 Å². The summed E-state index contributed by atoms with van der Waals surface area (Å²) in [6.07, 6.45) is 0. The second kappa shape index (κ2) is 6.16. The predicted octanol–water partition coefficient (Wildman–Crippen LogP) is 2.63. The number of benzene rings is 1. The molecule has 0 aliphatic heterocycles. The van der Waals surface area contributed by atoms with Gasteiger partial charge in [0.15, 0.2) is 0 Å². The number of carbonyl (C=O) groups excluding carboxylic acids is 1. The molecule has 0 fully saturated rings. The minimum atomic E-state index is 0.00125. The molecule has 88 valence electrons. The molecule has 0 bridgehead atoms. The Morgan fingerprint density at radius 2 is 1.94 bits per heavy atom. The van der Waals surface area contributed by atoms with Gasteiger partial charge in [0.05, 0.1) is 0 Å². The van der Waals surface area contributed by atoms with Crippen LogP contribution in [0.2, 0.25) is 0 Å². The molecule has 0 aromatic heterocycles. The lowest BCUT2D eigenvalue weighted by atomic mass is 10.2. The summed E-state index contributed by atoms with van der Waals surface area (Å²) in [5.74, 6) is 0. The largest absolute Gasteiger partial charge is 0.334 e. The second-order valence-corrected chi connectivity index (χ2v) is 4.02. The van der Waals surface area contributed by atoms with Crippen molar-refractivity contribution in [2.45, 2.75) is 33.4 Å². The molecule has 3 nitrogen and oxygen atoms in total. The van der Waals surface area contributed by atoms with Crippen LogP contribution in [0, 0.1) is 0 Å². The van der Waals surface area contributed by atoms with Gasteiger partial charge in [-0.2, -0.15) is 0 Å². The van der Waals surface area contributed by atoms with Crippen LogP contribution in [0.3, 0.4) is 0 Å². The van der Waals surface area contributed by atoms with E-state index in [1.54, 1.807) is 0 Å². The van der Waals surface area contributed by atoms with Crippen molar-refractivity contribution in [2.24, 2.45) is 0 Å². The topological polar surface area (TPSA) is 32.3 Å². The molecular weight excluding hydrogens is 200 g/mol. The average Bonchev–Trinajstić information content (AvgIpc) is 2.28. The summed E-state index contributed by atoms with van der Waals surface area (Å²) in [6, 6.07) is 10.2. The summed E-state index contributed by atoms with van der Waals surface area (Å²) < 4.78 is 0. The van der Waals surface area contributed by atoms with E-state index in [-0.39, 0.29) is 12.1 Å². The van der Waals surface area contributed by atoms with Crippen LogP contribution < -0.4 is 5.32 Å². The Kier molecular flexibility index (Phi) is 4.83. The molecule has 0 saturated heterocycles. The standard InChI is InChI=1S/C13H20N2O/c1-4-15(11(2)3)13(16)14-10-12-8-6-5-7-9-12/h5-9,11H,4,10H2,1-3H3,(H,14,16). The lowest BCUT2D eigenvalue weighted by Gasteiger charge is -2.25. The molecule has 0 aliphatic carbocycles. The van der Waals surface area contributed by atoms with Crippen molar-refractivity contribution in [1.29, 1.82) is 0 Å². The molecule has 1 rings (SSSR count). The van der Waals surface area contributed by atoms with Crippen LogP contribution in [-0.4, -0.2) is 23.5 Å². The van der Waals surface area contributed by atoms with Crippen molar-refractivity contribution in [3.05, 3.63) is 35.9 Å². The van der Waals surface area contributed by atoms with Crippen molar-refractivity contribution < 1.29 is 4.79 Å². The zero-order valence-corrected chi connectivity index (χ0v) is 10.2. The molecule has 0 atom stereocenters. The van der Waals surface area contributed by atoms with E-state index in [1.165, 1.54) is 0 Å². The van der Waals surface area contributed by atoms with Crippen LogP contribution in [-0.2, 0) is 6.54 Å². The zero-order chi connectivity index (χ0) is 12.0. The first-order valence-corrected chi connectivity index (χ1v) is 5.73. The Hall–Kier alpha value is -1.51. The van der Waals surface area contributed by atoms with E-state index in [9.17, 15) is 4.79 Å². The van der Waals surface area contributed by atoms with Crippen molar-refractivity contribution in [3.8, 4) is 0 Å². The Morgan fingerprint density at radius 1 is 1.31 bits per heavy atom. The lowest BCUT2D eigenvalue weighted by Crippen LogP contribution is -2.43. The first-order valence-electron chi connectivity index (χ1n) is 5.73. The van der Waals surface area contributed by atoms with Crippen LogP contribution in [0.25, 0.3) is 0 Å². The molecule has 2 amide bonds. The number of carbonyl (C=O) groups is 1. The van der Waals surface area contributed by atoms with E-state index in [0.717, 1.165) is 12.1 Å². The lowest BCUT2D eigenvalue weighted by molar-refractivity contribution is 0.186. The summed E-state index contributed by atoms with van der Waals surface area (Å²) >= 11 is 0. The summed E-state index contributed by atoms with van der Waals surface area (Å²) in [6.45, 7) is 7.35. The number of urea groups is 1. The van der Waals surface area contributed by atoms with Crippen LogP contribution >= 0.6 is 0 Å². The molecule has 0 radical (unpaired) electrons. The predicted molar refractivity (Wildman–Crippen MR) is 66.2 cm³/mol. The maximum Gasteiger partial charge on any atom is 0.317 e. The summed E-state index contributed by atoms with van der Waals surface area (Å²) in [5, 5.41) is 2.92. The summed E-state index contributed by atoms with van der Waals surface area (Å²) in [5.41, 5.74) is 1.12. The van der Waals surface area contributed by atoms with Gasteiger partial charge in [0.2, 0.25) is 0 Å². The van der Waals surface area contributed by atoms with Gasteiger partial charge in [0, 0.05) is 19.1 Å². The molecule has 0 heterocycles. The molecule has 1 N–H and O–H groups in total. The molecule has 0 saturated carbocycles. The summed E-state index contributed by atoms with van der Waals surface area (Å²) in [4.78, 5) is 13.6. The second-order valence-electron chi connectivity index (χ2n) is 4.02. The van der Waals surface area contributed by atoms with Crippen LogP contribution in [0.1, 0.15) is 26.3 Å².